The molecule has 0 saturated carbocycles. The Morgan fingerprint density at radius 1 is 0.917 bits per heavy atom. The van der Waals surface area contributed by atoms with Gasteiger partial charge in [0.2, 0.25) is 0 Å². The Labute approximate surface area is 214 Å². The lowest BCUT2D eigenvalue weighted by Gasteiger charge is -2.13. The number of ether oxygens (including phenoxy) is 1. The molecule has 4 rings (SSSR count). The average Bonchev–Trinajstić information content (AvgIpc) is 3.21. The van der Waals surface area contributed by atoms with Gasteiger partial charge in [0.15, 0.2) is 0 Å². The highest BCUT2D eigenvalue weighted by Crippen LogP contribution is 2.22. The lowest BCUT2D eigenvalue weighted by molar-refractivity contribution is 0.0952. The Balaban J connectivity index is 1.29. The third-order valence-corrected chi connectivity index (χ3v) is 6.85. The van der Waals surface area contributed by atoms with Crippen LogP contribution in [0.25, 0.3) is 11.0 Å². The lowest BCUT2D eigenvalue weighted by Crippen LogP contribution is -2.25. The Morgan fingerprint density at radius 2 is 1.75 bits per heavy atom. The second-order valence-corrected chi connectivity index (χ2v) is 9.60. The summed E-state index contributed by atoms with van der Waals surface area (Å²) in [6.07, 6.45) is 3.92. The van der Waals surface area contributed by atoms with E-state index in [9.17, 15) is 4.79 Å². The van der Waals surface area contributed by atoms with Crippen LogP contribution in [0.15, 0.2) is 60.7 Å². The highest BCUT2D eigenvalue weighted by atomic mass is 16.5. The third kappa shape index (κ3) is 6.14. The number of aryl methyl sites for hydroxylation is 4. The summed E-state index contributed by atoms with van der Waals surface area (Å²) in [6, 6.07) is 20.4. The fraction of sp³-hybridized carbons (Fsp3) is 0.355. The summed E-state index contributed by atoms with van der Waals surface area (Å²) < 4.78 is 8.43. The molecule has 0 spiro atoms. The van der Waals surface area contributed by atoms with E-state index in [1.165, 1.54) is 16.7 Å². The second kappa shape index (κ2) is 11.9. The summed E-state index contributed by atoms with van der Waals surface area (Å²) in [6.45, 7) is 10.3. The van der Waals surface area contributed by atoms with Crippen LogP contribution in [0.4, 0.5) is 0 Å². The van der Waals surface area contributed by atoms with E-state index in [0.29, 0.717) is 13.2 Å². The Morgan fingerprint density at radius 3 is 2.58 bits per heavy atom. The van der Waals surface area contributed by atoms with Crippen LogP contribution in [0, 0.1) is 27.7 Å². The molecular formula is C31H37N3O2. The largest absolute Gasteiger partial charge is 0.491 e. The molecule has 36 heavy (non-hydrogen) atoms. The van der Waals surface area contributed by atoms with Gasteiger partial charge in [0.25, 0.3) is 5.91 Å². The highest BCUT2D eigenvalue weighted by Gasteiger charge is 2.12. The first kappa shape index (κ1) is 25.5. The van der Waals surface area contributed by atoms with Crippen LogP contribution in [0.5, 0.6) is 5.75 Å². The van der Waals surface area contributed by atoms with Crippen molar-refractivity contribution in [3.05, 3.63) is 94.3 Å². The lowest BCUT2D eigenvalue weighted by atomic mass is 10.1. The van der Waals surface area contributed by atoms with Crippen LogP contribution in [0.1, 0.15) is 57.7 Å². The Hall–Kier alpha value is -3.60. The first-order valence-corrected chi connectivity index (χ1v) is 12.9. The van der Waals surface area contributed by atoms with E-state index in [4.69, 9.17) is 9.72 Å². The topological polar surface area (TPSA) is 56.2 Å². The van der Waals surface area contributed by atoms with E-state index in [2.05, 4.69) is 48.0 Å². The SMILES string of the molecule is Cc1ccc(C(=O)NCCCCCc2nc3ccccc3n2CCOc2cccc(C)c2C)c(C)c1. The number of benzene rings is 3. The third-order valence-electron chi connectivity index (χ3n) is 6.85. The molecule has 0 saturated heterocycles. The standard InChI is InChI=1S/C31H37N3O2/c1-22-16-17-26(24(3)21-22)31(35)32-18-9-5-6-15-30-33-27-12-7-8-13-28(27)34(30)19-20-36-29-14-10-11-23(2)25(29)4/h7-8,10-14,16-17,21H,5-6,9,15,18-20H2,1-4H3,(H,32,35). The zero-order chi connectivity index (χ0) is 25.5. The van der Waals surface area contributed by atoms with Crippen LogP contribution < -0.4 is 10.1 Å². The number of carbonyl (C=O) groups is 1. The van der Waals surface area contributed by atoms with Crippen molar-refractivity contribution in [2.24, 2.45) is 0 Å². The smallest absolute Gasteiger partial charge is 0.251 e. The van der Waals surface area contributed by atoms with Gasteiger partial charge in [-0.3, -0.25) is 4.79 Å². The van der Waals surface area contributed by atoms with Crippen LogP contribution in [0.3, 0.4) is 0 Å². The van der Waals surface area contributed by atoms with Crippen molar-refractivity contribution in [1.29, 1.82) is 0 Å². The van der Waals surface area contributed by atoms with Crippen molar-refractivity contribution >= 4 is 16.9 Å². The van der Waals surface area contributed by atoms with E-state index in [1.807, 2.05) is 50.2 Å². The van der Waals surface area contributed by atoms with Crippen molar-refractivity contribution in [1.82, 2.24) is 14.9 Å². The maximum absolute atomic E-state index is 12.5. The van der Waals surface area contributed by atoms with Crippen LogP contribution in [0.2, 0.25) is 0 Å². The van der Waals surface area contributed by atoms with Crippen LogP contribution in [-0.2, 0) is 13.0 Å². The number of para-hydroxylation sites is 2. The molecule has 4 aromatic rings. The van der Waals surface area contributed by atoms with Gasteiger partial charge in [-0.05, 0) is 81.5 Å². The number of hydrogen-bond acceptors (Lipinski definition) is 3. The van der Waals surface area contributed by atoms with E-state index in [1.54, 1.807) is 0 Å². The van der Waals surface area contributed by atoms with Gasteiger partial charge in [0, 0.05) is 18.5 Å². The summed E-state index contributed by atoms with van der Waals surface area (Å²) in [5, 5.41) is 3.07. The molecule has 0 aliphatic heterocycles. The van der Waals surface area contributed by atoms with Gasteiger partial charge >= 0.3 is 0 Å². The number of carbonyl (C=O) groups excluding carboxylic acids is 1. The first-order chi connectivity index (χ1) is 17.4. The molecule has 0 bridgehead atoms. The van der Waals surface area contributed by atoms with Crippen molar-refractivity contribution in [3.63, 3.8) is 0 Å². The molecule has 0 atom stereocenters. The molecule has 1 aromatic heterocycles. The van der Waals surface area contributed by atoms with E-state index in [0.717, 1.165) is 66.0 Å². The van der Waals surface area contributed by atoms with Gasteiger partial charge < -0.3 is 14.6 Å². The Kier molecular flexibility index (Phi) is 8.42. The number of unbranched alkanes of at least 4 members (excludes halogenated alkanes) is 2. The van der Waals surface area contributed by atoms with E-state index < -0.39 is 0 Å². The van der Waals surface area contributed by atoms with Gasteiger partial charge in [-0.15, -0.1) is 0 Å². The van der Waals surface area contributed by atoms with Crippen LogP contribution in [-0.4, -0.2) is 28.6 Å². The molecule has 0 radical (unpaired) electrons. The van der Waals surface area contributed by atoms with Gasteiger partial charge in [0.1, 0.15) is 18.2 Å². The first-order valence-electron chi connectivity index (χ1n) is 12.9. The predicted molar refractivity (Wildman–Crippen MR) is 147 cm³/mol. The van der Waals surface area contributed by atoms with E-state index >= 15 is 0 Å². The van der Waals surface area contributed by atoms with E-state index in [-0.39, 0.29) is 5.91 Å². The van der Waals surface area contributed by atoms with Gasteiger partial charge in [-0.1, -0.05) is 48.4 Å². The fourth-order valence-corrected chi connectivity index (χ4v) is 4.64. The maximum Gasteiger partial charge on any atom is 0.251 e. The van der Waals surface area contributed by atoms with Gasteiger partial charge in [-0.25, -0.2) is 4.98 Å². The van der Waals surface area contributed by atoms with Gasteiger partial charge in [-0.2, -0.15) is 0 Å². The summed E-state index contributed by atoms with van der Waals surface area (Å²) in [5.41, 5.74) is 7.57. The molecule has 1 amide bonds. The molecule has 5 heteroatoms. The number of amides is 1. The summed E-state index contributed by atoms with van der Waals surface area (Å²) in [7, 11) is 0. The zero-order valence-electron chi connectivity index (χ0n) is 21.9. The van der Waals surface area contributed by atoms with Crippen LogP contribution >= 0.6 is 0 Å². The number of rotatable bonds is 11. The molecular weight excluding hydrogens is 446 g/mol. The molecule has 0 fully saturated rings. The summed E-state index contributed by atoms with van der Waals surface area (Å²) >= 11 is 0. The monoisotopic (exact) mass is 483 g/mol. The fourth-order valence-electron chi connectivity index (χ4n) is 4.64. The normalized spacial score (nSPS) is 11.1. The Bertz CT molecular complexity index is 1340. The van der Waals surface area contributed by atoms with Crippen molar-refractivity contribution in [2.45, 2.75) is 59.9 Å². The quantitative estimate of drug-likeness (QED) is 0.248. The highest BCUT2D eigenvalue weighted by molar-refractivity contribution is 5.95. The molecule has 1 N–H and O–H groups in total. The van der Waals surface area contributed by atoms with Crippen molar-refractivity contribution < 1.29 is 9.53 Å². The molecule has 0 aliphatic rings. The number of fused-ring (bicyclic) bond motifs is 1. The number of aromatic nitrogens is 2. The molecule has 5 nitrogen and oxygen atoms in total. The second-order valence-electron chi connectivity index (χ2n) is 9.60. The molecule has 3 aromatic carbocycles. The molecule has 0 unspecified atom stereocenters. The minimum Gasteiger partial charge on any atom is -0.491 e. The number of imidazole rings is 1. The molecule has 188 valence electrons. The number of hydrogen-bond donors (Lipinski definition) is 1. The van der Waals surface area contributed by atoms with Crippen molar-refractivity contribution in [2.75, 3.05) is 13.2 Å². The summed E-state index contributed by atoms with van der Waals surface area (Å²) in [4.78, 5) is 17.4. The number of nitrogens with one attached hydrogen (secondary N) is 1. The average molecular weight is 484 g/mol. The van der Waals surface area contributed by atoms with Gasteiger partial charge in [0.05, 0.1) is 17.6 Å². The summed E-state index contributed by atoms with van der Waals surface area (Å²) in [5.74, 6) is 2.06. The number of nitrogens with zero attached hydrogens (tertiary/aromatic N) is 2. The minimum absolute atomic E-state index is 0.0122. The molecule has 0 aliphatic carbocycles. The van der Waals surface area contributed by atoms with Crippen molar-refractivity contribution in [3.8, 4) is 5.75 Å². The maximum atomic E-state index is 12.5. The minimum atomic E-state index is 0.0122. The molecule has 1 heterocycles. The predicted octanol–water partition coefficient (Wildman–Crippen LogP) is 6.49. The zero-order valence-corrected chi connectivity index (χ0v) is 21.9.